The maximum absolute atomic E-state index is 12.6. The SMILES string of the molecule is O=C1C2=C(CCCC2)C2=NCCc3cccc1c32. The molecular weight excluding hydrogens is 222 g/mol. The molecule has 2 heteroatoms. The number of hydrogen-bond acceptors (Lipinski definition) is 2. The maximum Gasteiger partial charge on any atom is 0.190 e. The first-order valence-electron chi connectivity index (χ1n) is 6.80. The van der Waals surface area contributed by atoms with Crippen LogP contribution in [-0.2, 0) is 6.42 Å². The average Bonchev–Trinajstić information content (AvgIpc) is 2.44. The Bertz CT molecular complexity index is 622. The van der Waals surface area contributed by atoms with Crippen molar-refractivity contribution in [1.29, 1.82) is 0 Å². The molecule has 2 nitrogen and oxygen atoms in total. The molecule has 1 aromatic rings. The van der Waals surface area contributed by atoms with Crippen LogP contribution in [0.15, 0.2) is 34.3 Å². The van der Waals surface area contributed by atoms with Crippen molar-refractivity contribution in [2.45, 2.75) is 32.1 Å². The zero-order valence-electron chi connectivity index (χ0n) is 10.3. The largest absolute Gasteiger partial charge is 0.289 e. The third-order valence-corrected chi connectivity index (χ3v) is 4.31. The molecule has 1 heterocycles. The first kappa shape index (κ1) is 10.2. The van der Waals surface area contributed by atoms with Crippen molar-refractivity contribution in [2.24, 2.45) is 4.99 Å². The standard InChI is InChI=1S/C16H15NO/c18-16-12-6-2-1-5-11(12)15-14-10(8-9-17-15)4-3-7-13(14)16/h3-4,7H,1-2,5-6,8-9H2. The van der Waals surface area contributed by atoms with Gasteiger partial charge in [0.25, 0.3) is 0 Å². The van der Waals surface area contributed by atoms with Gasteiger partial charge in [-0.3, -0.25) is 9.79 Å². The smallest absolute Gasteiger partial charge is 0.190 e. The average molecular weight is 237 g/mol. The number of fused-ring (bicyclic) bond motifs is 1. The van der Waals surface area contributed by atoms with Crippen LogP contribution < -0.4 is 0 Å². The van der Waals surface area contributed by atoms with Gasteiger partial charge in [-0.1, -0.05) is 18.2 Å². The quantitative estimate of drug-likeness (QED) is 0.681. The van der Waals surface area contributed by atoms with E-state index in [1.54, 1.807) is 0 Å². The molecule has 2 aliphatic carbocycles. The normalized spacial score (nSPS) is 21.3. The Morgan fingerprint density at radius 2 is 1.83 bits per heavy atom. The van der Waals surface area contributed by atoms with Crippen LogP contribution in [0.3, 0.4) is 0 Å². The fraction of sp³-hybridized carbons (Fsp3) is 0.375. The molecule has 18 heavy (non-hydrogen) atoms. The number of benzene rings is 1. The van der Waals surface area contributed by atoms with Crippen molar-refractivity contribution in [1.82, 2.24) is 0 Å². The first-order chi connectivity index (χ1) is 8.86. The highest BCUT2D eigenvalue weighted by atomic mass is 16.1. The van der Waals surface area contributed by atoms with E-state index in [4.69, 9.17) is 4.99 Å². The van der Waals surface area contributed by atoms with E-state index < -0.39 is 0 Å². The van der Waals surface area contributed by atoms with Gasteiger partial charge < -0.3 is 0 Å². The summed E-state index contributed by atoms with van der Waals surface area (Å²) in [6, 6.07) is 6.14. The molecule has 0 N–H and O–H groups in total. The molecule has 0 fully saturated rings. The van der Waals surface area contributed by atoms with E-state index >= 15 is 0 Å². The summed E-state index contributed by atoms with van der Waals surface area (Å²) < 4.78 is 0. The Balaban J connectivity index is 2.03. The van der Waals surface area contributed by atoms with Crippen molar-refractivity contribution in [3.05, 3.63) is 46.0 Å². The molecule has 1 aromatic carbocycles. The molecule has 4 rings (SSSR count). The number of carbonyl (C=O) groups excluding carboxylic acids is 1. The van der Waals surface area contributed by atoms with Crippen LogP contribution >= 0.6 is 0 Å². The minimum absolute atomic E-state index is 0.266. The minimum atomic E-state index is 0.266. The second-order valence-corrected chi connectivity index (χ2v) is 5.31. The summed E-state index contributed by atoms with van der Waals surface area (Å²) in [6.45, 7) is 0.872. The van der Waals surface area contributed by atoms with Crippen LogP contribution in [0.5, 0.6) is 0 Å². The molecule has 1 aliphatic heterocycles. The summed E-state index contributed by atoms with van der Waals surface area (Å²) >= 11 is 0. The summed E-state index contributed by atoms with van der Waals surface area (Å²) in [7, 11) is 0. The third-order valence-electron chi connectivity index (χ3n) is 4.31. The van der Waals surface area contributed by atoms with Gasteiger partial charge in [-0.05, 0) is 43.2 Å². The monoisotopic (exact) mass is 237 g/mol. The number of allylic oxidation sites excluding steroid dienone is 2. The lowest BCUT2D eigenvalue weighted by Gasteiger charge is -2.30. The van der Waals surface area contributed by atoms with Crippen molar-refractivity contribution >= 4 is 11.5 Å². The number of nitrogens with zero attached hydrogens (tertiary/aromatic N) is 1. The molecule has 0 atom stereocenters. The molecule has 90 valence electrons. The van der Waals surface area contributed by atoms with Gasteiger partial charge in [0.15, 0.2) is 5.78 Å². The Morgan fingerprint density at radius 1 is 1.00 bits per heavy atom. The highest BCUT2D eigenvalue weighted by Crippen LogP contribution is 2.38. The van der Waals surface area contributed by atoms with Crippen LogP contribution in [-0.4, -0.2) is 18.0 Å². The Kier molecular flexibility index (Phi) is 2.07. The van der Waals surface area contributed by atoms with Crippen LogP contribution in [0.25, 0.3) is 0 Å². The fourth-order valence-electron chi connectivity index (χ4n) is 3.47. The minimum Gasteiger partial charge on any atom is -0.289 e. The third kappa shape index (κ3) is 1.23. The lowest BCUT2D eigenvalue weighted by atomic mass is 9.74. The Hall–Kier alpha value is -1.70. The number of rotatable bonds is 0. The number of aliphatic imine (C=N–C) groups is 1. The van der Waals surface area contributed by atoms with Crippen LogP contribution in [0.4, 0.5) is 0 Å². The molecule has 3 aliphatic rings. The van der Waals surface area contributed by atoms with Gasteiger partial charge in [-0.15, -0.1) is 0 Å². The second kappa shape index (κ2) is 3.64. The topological polar surface area (TPSA) is 29.4 Å². The summed E-state index contributed by atoms with van der Waals surface area (Å²) in [6.07, 6.45) is 5.29. The summed E-state index contributed by atoms with van der Waals surface area (Å²) in [5, 5.41) is 0. The summed E-state index contributed by atoms with van der Waals surface area (Å²) in [5.74, 6) is 0.266. The van der Waals surface area contributed by atoms with Gasteiger partial charge in [-0.2, -0.15) is 0 Å². The predicted octanol–water partition coefficient (Wildman–Crippen LogP) is 3.10. The van der Waals surface area contributed by atoms with Gasteiger partial charge >= 0.3 is 0 Å². The second-order valence-electron chi connectivity index (χ2n) is 5.31. The van der Waals surface area contributed by atoms with E-state index in [9.17, 15) is 4.79 Å². The van der Waals surface area contributed by atoms with E-state index in [-0.39, 0.29) is 5.78 Å². The number of Topliss-reactive ketones (excluding diaryl/α,β-unsaturated/α-hetero) is 1. The van der Waals surface area contributed by atoms with Gasteiger partial charge in [-0.25, -0.2) is 0 Å². The Labute approximate surface area is 106 Å². The van der Waals surface area contributed by atoms with Crippen molar-refractivity contribution in [2.75, 3.05) is 6.54 Å². The van der Waals surface area contributed by atoms with Crippen molar-refractivity contribution in [3.8, 4) is 0 Å². The summed E-state index contributed by atoms with van der Waals surface area (Å²) in [5.41, 5.74) is 6.79. The molecule has 0 amide bonds. The highest BCUT2D eigenvalue weighted by Gasteiger charge is 2.33. The van der Waals surface area contributed by atoms with Crippen molar-refractivity contribution in [3.63, 3.8) is 0 Å². The molecule has 0 saturated heterocycles. The highest BCUT2D eigenvalue weighted by molar-refractivity contribution is 6.29. The first-order valence-corrected chi connectivity index (χ1v) is 6.80. The van der Waals surface area contributed by atoms with Crippen LogP contribution in [0, 0.1) is 0 Å². The summed E-state index contributed by atoms with van der Waals surface area (Å²) in [4.78, 5) is 17.3. The van der Waals surface area contributed by atoms with E-state index in [0.29, 0.717) is 0 Å². The van der Waals surface area contributed by atoms with E-state index in [1.807, 2.05) is 12.1 Å². The van der Waals surface area contributed by atoms with Gasteiger partial charge in [0.2, 0.25) is 0 Å². The molecule has 0 saturated carbocycles. The molecule has 0 bridgehead atoms. The molecule has 0 radical (unpaired) electrons. The predicted molar refractivity (Wildman–Crippen MR) is 71.4 cm³/mol. The lowest BCUT2D eigenvalue weighted by molar-refractivity contribution is 0.102. The Morgan fingerprint density at radius 3 is 2.72 bits per heavy atom. The zero-order chi connectivity index (χ0) is 12.1. The van der Waals surface area contributed by atoms with E-state index in [0.717, 1.165) is 54.6 Å². The molecule has 0 unspecified atom stereocenters. The molecule has 0 spiro atoms. The molecule has 0 aromatic heterocycles. The zero-order valence-corrected chi connectivity index (χ0v) is 10.3. The van der Waals surface area contributed by atoms with E-state index in [1.165, 1.54) is 17.6 Å². The number of ketones is 1. The van der Waals surface area contributed by atoms with Crippen LogP contribution in [0.1, 0.15) is 47.2 Å². The van der Waals surface area contributed by atoms with Gasteiger partial charge in [0.1, 0.15) is 0 Å². The number of carbonyl (C=O) groups is 1. The fourth-order valence-corrected chi connectivity index (χ4v) is 3.47. The van der Waals surface area contributed by atoms with Crippen LogP contribution in [0.2, 0.25) is 0 Å². The number of hydrogen-bond donors (Lipinski definition) is 0. The molecular formula is C16H15NO. The lowest BCUT2D eigenvalue weighted by Crippen LogP contribution is -2.28. The maximum atomic E-state index is 12.6. The van der Waals surface area contributed by atoms with E-state index in [2.05, 4.69) is 6.07 Å². The van der Waals surface area contributed by atoms with Gasteiger partial charge in [0, 0.05) is 23.2 Å². The van der Waals surface area contributed by atoms with Crippen molar-refractivity contribution < 1.29 is 4.79 Å². The van der Waals surface area contributed by atoms with Gasteiger partial charge in [0.05, 0.1) is 5.71 Å².